The molecule has 0 saturated heterocycles. The molecular formula is C29H35NO. The summed E-state index contributed by atoms with van der Waals surface area (Å²) < 4.78 is 6.65. The molecule has 0 saturated carbocycles. The van der Waals surface area contributed by atoms with Crippen LogP contribution in [-0.4, -0.2) is 12.1 Å². The first-order chi connectivity index (χ1) is 15.0. The molecule has 31 heavy (non-hydrogen) atoms. The molecule has 2 aromatic carbocycles. The molecule has 0 aromatic heterocycles. The van der Waals surface area contributed by atoms with Crippen molar-refractivity contribution < 1.29 is 4.74 Å². The molecule has 5 rings (SSSR count). The first-order valence-corrected chi connectivity index (χ1v) is 12.0. The number of benzene rings is 2. The highest BCUT2D eigenvalue weighted by molar-refractivity contribution is 5.62. The number of allylic oxidation sites excluding steroid dienone is 3. The van der Waals surface area contributed by atoms with Crippen molar-refractivity contribution in [3.8, 4) is 5.75 Å². The normalized spacial score (nSPS) is 27.8. The van der Waals surface area contributed by atoms with E-state index in [9.17, 15) is 0 Å². The van der Waals surface area contributed by atoms with Crippen molar-refractivity contribution in [3.63, 3.8) is 0 Å². The SMILES string of the molecule is CCC1c2ccccc2OC1C(C)C1C(C)C2=C(CCC=C2)N1c1cc(C)cc(C)c1. The number of para-hydroxylation sites is 1. The highest BCUT2D eigenvalue weighted by atomic mass is 16.5. The summed E-state index contributed by atoms with van der Waals surface area (Å²) in [5.41, 5.74) is 8.48. The fraction of sp³-hybridized carbons (Fsp3) is 0.448. The van der Waals surface area contributed by atoms with Crippen LogP contribution in [0.1, 0.15) is 62.6 Å². The Kier molecular flexibility index (Phi) is 5.20. The van der Waals surface area contributed by atoms with Crippen molar-refractivity contribution in [2.75, 3.05) is 4.90 Å². The molecule has 5 atom stereocenters. The number of hydrogen-bond donors (Lipinski definition) is 0. The second-order valence-electron chi connectivity index (χ2n) is 9.83. The summed E-state index contributed by atoms with van der Waals surface area (Å²) in [7, 11) is 0. The van der Waals surface area contributed by atoms with Gasteiger partial charge in [0.2, 0.25) is 0 Å². The van der Waals surface area contributed by atoms with Crippen LogP contribution in [0.4, 0.5) is 5.69 Å². The van der Waals surface area contributed by atoms with Gasteiger partial charge >= 0.3 is 0 Å². The summed E-state index contributed by atoms with van der Waals surface area (Å²) in [6, 6.07) is 16.1. The number of fused-ring (bicyclic) bond motifs is 1. The third kappa shape index (κ3) is 3.32. The first kappa shape index (κ1) is 20.4. The second-order valence-corrected chi connectivity index (χ2v) is 9.83. The Hall–Kier alpha value is -2.48. The standard InChI is InChI=1S/C29H35NO/c1-6-23-25-12-8-10-14-27(25)31-29(23)21(5)28-20(4)24-11-7-9-13-26(24)30(28)22-16-18(2)15-19(3)17-22/h7-8,10-12,14-17,20-21,23,28-29H,6,9,13H2,1-5H3. The fourth-order valence-electron chi connectivity index (χ4n) is 6.46. The summed E-state index contributed by atoms with van der Waals surface area (Å²) in [4.78, 5) is 2.69. The highest BCUT2D eigenvalue weighted by Gasteiger charge is 2.47. The van der Waals surface area contributed by atoms with E-state index < -0.39 is 0 Å². The van der Waals surface area contributed by atoms with E-state index in [1.807, 2.05) is 0 Å². The molecule has 0 spiro atoms. The van der Waals surface area contributed by atoms with Crippen LogP contribution in [0.5, 0.6) is 5.75 Å². The van der Waals surface area contributed by atoms with Crippen LogP contribution >= 0.6 is 0 Å². The number of aryl methyl sites for hydroxylation is 2. The molecule has 3 aliphatic rings. The number of anilines is 1. The molecule has 0 fully saturated rings. The molecule has 2 aliphatic heterocycles. The number of nitrogens with zero attached hydrogens (tertiary/aromatic N) is 1. The van der Waals surface area contributed by atoms with Crippen molar-refractivity contribution >= 4 is 5.69 Å². The van der Waals surface area contributed by atoms with Gasteiger partial charge in [-0.15, -0.1) is 0 Å². The highest BCUT2D eigenvalue weighted by Crippen LogP contribution is 2.50. The van der Waals surface area contributed by atoms with Crippen LogP contribution in [0.15, 0.2) is 65.9 Å². The minimum absolute atomic E-state index is 0.216. The van der Waals surface area contributed by atoms with E-state index in [0.717, 1.165) is 25.0 Å². The summed E-state index contributed by atoms with van der Waals surface area (Å²) in [5.74, 6) is 2.46. The van der Waals surface area contributed by atoms with Gasteiger partial charge in [-0.2, -0.15) is 0 Å². The summed E-state index contributed by atoms with van der Waals surface area (Å²) in [6.07, 6.45) is 8.36. The first-order valence-electron chi connectivity index (χ1n) is 12.0. The maximum Gasteiger partial charge on any atom is 0.123 e. The van der Waals surface area contributed by atoms with Gasteiger partial charge in [-0.25, -0.2) is 0 Å². The van der Waals surface area contributed by atoms with E-state index >= 15 is 0 Å². The van der Waals surface area contributed by atoms with Gasteiger partial charge in [-0.05, 0) is 68.0 Å². The topological polar surface area (TPSA) is 12.5 Å². The van der Waals surface area contributed by atoms with Crippen molar-refractivity contribution in [1.82, 2.24) is 0 Å². The lowest BCUT2D eigenvalue weighted by Crippen LogP contribution is -2.45. The van der Waals surface area contributed by atoms with Gasteiger partial charge in [0.25, 0.3) is 0 Å². The third-order valence-corrected chi connectivity index (χ3v) is 7.73. The van der Waals surface area contributed by atoms with Gasteiger partial charge < -0.3 is 9.64 Å². The maximum absolute atomic E-state index is 6.65. The molecule has 162 valence electrons. The molecule has 2 aromatic rings. The zero-order valence-corrected chi connectivity index (χ0v) is 19.6. The average Bonchev–Trinajstić information content (AvgIpc) is 3.28. The van der Waals surface area contributed by atoms with Crippen LogP contribution in [0.3, 0.4) is 0 Å². The molecular weight excluding hydrogens is 378 g/mol. The summed E-state index contributed by atoms with van der Waals surface area (Å²) in [5, 5.41) is 0. The smallest absolute Gasteiger partial charge is 0.123 e. The molecule has 2 heterocycles. The van der Waals surface area contributed by atoms with Crippen LogP contribution in [0.2, 0.25) is 0 Å². The van der Waals surface area contributed by atoms with E-state index in [2.05, 4.69) is 94.1 Å². The Balaban J connectivity index is 1.56. The van der Waals surface area contributed by atoms with Crippen LogP contribution in [-0.2, 0) is 0 Å². The predicted molar refractivity (Wildman–Crippen MR) is 130 cm³/mol. The van der Waals surface area contributed by atoms with Crippen LogP contribution in [0, 0.1) is 25.7 Å². The van der Waals surface area contributed by atoms with E-state index in [1.54, 1.807) is 0 Å². The monoisotopic (exact) mass is 413 g/mol. The largest absolute Gasteiger partial charge is 0.489 e. The quantitative estimate of drug-likeness (QED) is 0.520. The zero-order valence-electron chi connectivity index (χ0n) is 19.6. The van der Waals surface area contributed by atoms with Gasteiger partial charge in [0.15, 0.2) is 0 Å². The Morgan fingerprint density at radius 1 is 1.10 bits per heavy atom. The van der Waals surface area contributed by atoms with E-state index in [-0.39, 0.29) is 6.10 Å². The number of hydrogen-bond acceptors (Lipinski definition) is 2. The van der Waals surface area contributed by atoms with Crippen LogP contribution < -0.4 is 9.64 Å². The summed E-state index contributed by atoms with van der Waals surface area (Å²) in [6.45, 7) is 11.6. The molecule has 0 radical (unpaired) electrons. The molecule has 1 aliphatic carbocycles. The van der Waals surface area contributed by atoms with E-state index in [1.165, 1.54) is 33.6 Å². The van der Waals surface area contributed by atoms with E-state index in [4.69, 9.17) is 4.74 Å². The van der Waals surface area contributed by atoms with Gasteiger partial charge in [-0.1, -0.05) is 57.2 Å². The van der Waals surface area contributed by atoms with Crippen molar-refractivity contribution in [3.05, 3.63) is 82.6 Å². The van der Waals surface area contributed by atoms with Crippen molar-refractivity contribution in [2.24, 2.45) is 11.8 Å². The minimum Gasteiger partial charge on any atom is -0.489 e. The minimum atomic E-state index is 0.216. The van der Waals surface area contributed by atoms with Crippen LogP contribution in [0.25, 0.3) is 0 Å². The number of ether oxygens (including phenoxy) is 1. The lowest BCUT2D eigenvalue weighted by atomic mass is 9.78. The lowest BCUT2D eigenvalue weighted by Gasteiger charge is -2.39. The molecule has 0 bridgehead atoms. The van der Waals surface area contributed by atoms with Gasteiger partial charge in [0.1, 0.15) is 11.9 Å². The number of rotatable bonds is 4. The Labute approximate surface area is 187 Å². The Morgan fingerprint density at radius 3 is 2.58 bits per heavy atom. The molecule has 2 nitrogen and oxygen atoms in total. The third-order valence-electron chi connectivity index (χ3n) is 7.73. The molecule has 0 N–H and O–H groups in total. The Morgan fingerprint density at radius 2 is 1.84 bits per heavy atom. The molecule has 5 unspecified atom stereocenters. The van der Waals surface area contributed by atoms with Crippen molar-refractivity contribution in [1.29, 1.82) is 0 Å². The summed E-state index contributed by atoms with van der Waals surface area (Å²) >= 11 is 0. The molecule has 2 heteroatoms. The zero-order chi connectivity index (χ0) is 21.7. The van der Waals surface area contributed by atoms with Gasteiger partial charge in [0.05, 0.1) is 0 Å². The second kappa shape index (κ2) is 7.89. The Bertz CT molecular complexity index is 1030. The fourth-order valence-corrected chi connectivity index (χ4v) is 6.46. The van der Waals surface area contributed by atoms with Crippen molar-refractivity contribution in [2.45, 2.75) is 71.9 Å². The lowest BCUT2D eigenvalue weighted by molar-refractivity contribution is 0.118. The maximum atomic E-state index is 6.65. The van der Waals surface area contributed by atoms with Gasteiger partial charge in [-0.3, -0.25) is 0 Å². The van der Waals surface area contributed by atoms with Gasteiger partial charge in [0, 0.05) is 40.7 Å². The average molecular weight is 414 g/mol. The predicted octanol–water partition coefficient (Wildman–Crippen LogP) is 7.32. The van der Waals surface area contributed by atoms with E-state index in [0.29, 0.717) is 23.8 Å². The molecule has 0 amide bonds.